The molecule has 3 aromatic heterocycles. The molecule has 0 aliphatic heterocycles. The topological polar surface area (TPSA) is 85.8 Å². The number of furan rings is 1. The average Bonchev–Trinajstić information content (AvgIpc) is 3.37. The molecule has 0 saturated carbocycles. The molecule has 0 amide bonds. The Bertz CT molecular complexity index is 1500. The second-order valence-corrected chi connectivity index (χ2v) is 6.65. The number of fused-ring (bicyclic) bond motifs is 2. The van der Waals surface area contributed by atoms with Crippen LogP contribution < -0.4 is 11.2 Å². The first-order valence-corrected chi connectivity index (χ1v) is 9.07. The maximum Gasteiger partial charge on any atom is 0.330 e. The highest BCUT2D eigenvalue weighted by Gasteiger charge is 2.15. The number of benzene rings is 2. The molecule has 0 aliphatic carbocycles. The van der Waals surface area contributed by atoms with Gasteiger partial charge < -0.3 is 9.40 Å². The van der Waals surface area contributed by atoms with E-state index in [9.17, 15) is 9.59 Å². The van der Waals surface area contributed by atoms with Crippen molar-refractivity contribution in [2.24, 2.45) is 0 Å². The summed E-state index contributed by atoms with van der Waals surface area (Å²) in [6.07, 6.45) is 3.16. The van der Waals surface area contributed by atoms with Crippen molar-refractivity contribution in [2.45, 2.75) is 6.92 Å². The predicted molar refractivity (Wildman–Crippen MR) is 112 cm³/mol. The van der Waals surface area contributed by atoms with Gasteiger partial charge >= 0.3 is 5.69 Å². The molecule has 0 aliphatic rings. The standard InChI is InChI=1S/C22H16N4O3/c1-14(26-18-10-5-3-8-16(18)24-22(26)28)13-25-17-9-4-2-7-15(17)23-20(21(25)27)19-11-6-12-29-19/h2-13H,1H3,(H,24,28)/b14-13-. The molecule has 2 aromatic carbocycles. The average molecular weight is 384 g/mol. The third-order valence-corrected chi connectivity index (χ3v) is 4.81. The smallest absolute Gasteiger partial charge is 0.330 e. The van der Waals surface area contributed by atoms with Gasteiger partial charge in [0.05, 0.1) is 28.3 Å². The van der Waals surface area contributed by atoms with Gasteiger partial charge in [0.15, 0.2) is 11.5 Å². The minimum absolute atomic E-state index is 0.212. The summed E-state index contributed by atoms with van der Waals surface area (Å²) in [6.45, 7) is 1.79. The van der Waals surface area contributed by atoms with Crippen LogP contribution in [0.25, 0.3) is 45.4 Å². The molecule has 0 radical (unpaired) electrons. The lowest BCUT2D eigenvalue weighted by Crippen LogP contribution is -2.21. The summed E-state index contributed by atoms with van der Waals surface area (Å²) in [5.41, 5.74) is 2.97. The number of nitrogens with one attached hydrogen (secondary N) is 1. The van der Waals surface area contributed by atoms with E-state index in [1.165, 1.54) is 10.8 Å². The Morgan fingerprint density at radius 2 is 1.76 bits per heavy atom. The third kappa shape index (κ3) is 2.71. The zero-order valence-corrected chi connectivity index (χ0v) is 15.5. The number of rotatable bonds is 3. The van der Waals surface area contributed by atoms with Crippen LogP contribution in [0.3, 0.4) is 0 Å². The molecule has 142 valence electrons. The van der Waals surface area contributed by atoms with Crippen molar-refractivity contribution in [1.29, 1.82) is 0 Å². The van der Waals surface area contributed by atoms with Crippen LogP contribution >= 0.6 is 0 Å². The van der Waals surface area contributed by atoms with E-state index in [1.807, 2.05) is 48.5 Å². The summed E-state index contributed by atoms with van der Waals surface area (Å²) < 4.78 is 8.45. The van der Waals surface area contributed by atoms with Gasteiger partial charge in [0, 0.05) is 11.9 Å². The van der Waals surface area contributed by atoms with E-state index in [4.69, 9.17) is 4.42 Å². The van der Waals surface area contributed by atoms with Gasteiger partial charge in [-0.15, -0.1) is 0 Å². The lowest BCUT2D eigenvalue weighted by molar-refractivity contribution is 0.579. The highest BCUT2D eigenvalue weighted by molar-refractivity contribution is 5.83. The first-order valence-electron chi connectivity index (χ1n) is 9.07. The van der Waals surface area contributed by atoms with Crippen LogP contribution in [0.15, 0.2) is 80.9 Å². The molecule has 1 N–H and O–H groups in total. The molecule has 0 unspecified atom stereocenters. The van der Waals surface area contributed by atoms with Gasteiger partial charge in [0.2, 0.25) is 0 Å². The maximum atomic E-state index is 13.2. The Morgan fingerprint density at radius 3 is 2.55 bits per heavy atom. The minimum Gasteiger partial charge on any atom is -0.463 e. The Balaban J connectivity index is 1.80. The Kier molecular flexibility index (Phi) is 3.80. The van der Waals surface area contributed by atoms with Crippen molar-refractivity contribution in [3.8, 4) is 11.5 Å². The number of hydrogen-bond donors (Lipinski definition) is 1. The molecule has 3 heterocycles. The van der Waals surface area contributed by atoms with Crippen molar-refractivity contribution in [1.82, 2.24) is 19.1 Å². The molecule has 0 saturated heterocycles. The van der Waals surface area contributed by atoms with Crippen LogP contribution in [0.5, 0.6) is 0 Å². The molecule has 0 bridgehead atoms. The Hall–Kier alpha value is -4.13. The molecule has 7 nitrogen and oxygen atoms in total. The molecule has 5 rings (SSSR count). The summed E-state index contributed by atoms with van der Waals surface area (Å²) in [6, 6.07) is 18.2. The summed E-state index contributed by atoms with van der Waals surface area (Å²) >= 11 is 0. The zero-order valence-electron chi connectivity index (χ0n) is 15.5. The van der Waals surface area contributed by atoms with E-state index in [1.54, 1.807) is 29.8 Å². The number of nitrogens with zero attached hydrogens (tertiary/aromatic N) is 3. The number of aromatic nitrogens is 4. The van der Waals surface area contributed by atoms with Crippen LogP contribution in [0.4, 0.5) is 0 Å². The van der Waals surface area contributed by atoms with Crippen LogP contribution in [0.2, 0.25) is 0 Å². The van der Waals surface area contributed by atoms with Crippen molar-refractivity contribution < 1.29 is 4.42 Å². The van der Waals surface area contributed by atoms with Gasteiger partial charge in [-0.25, -0.2) is 9.78 Å². The molecule has 0 spiro atoms. The van der Waals surface area contributed by atoms with Crippen molar-refractivity contribution in [3.05, 3.63) is 87.8 Å². The van der Waals surface area contributed by atoms with Gasteiger partial charge in [-0.1, -0.05) is 24.3 Å². The normalized spacial score (nSPS) is 12.1. The summed E-state index contributed by atoms with van der Waals surface area (Å²) in [5.74, 6) is 0.393. The first kappa shape index (κ1) is 17.0. The number of aromatic amines is 1. The number of imidazole rings is 1. The van der Waals surface area contributed by atoms with Gasteiger partial charge in [-0.2, -0.15) is 0 Å². The van der Waals surface area contributed by atoms with E-state index < -0.39 is 0 Å². The number of hydrogen-bond acceptors (Lipinski definition) is 4. The van der Waals surface area contributed by atoms with Crippen molar-refractivity contribution in [3.63, 3.8) is 0 Å². The molecular weight excluding hydrogens is 368 g/mol. The van der Waals surface area contributed by atoms with E-state index >= 15 is 0 Å². The second kappa shape index (κ2) is 6.49. The summed E-state index contributed by atoms with van der Waals surface area (Å²) in [4.78, 5) is 33.1. The third-order valence-electron chi connectivity index (χ3n) is 4.81. The first-order chi connectivity index (χ1) is 14.1. The number of para-hydroxylation sites is 4. The number of H-pyrrole nitrogens is 1. The van der Waals surface area contributed by atoms with Crippen molar-refractivity contribution in [2.75, 3.05) is 0 Å². The van der Waals surface area contributed by atoms with E-state index in [2.05, 4.69) is 9.97 Å². The van der Waals surface area contributed by atoms with Crippen LogP contribution in [0.1, 0.15) is 6.92 Å². The fourth-order valence-corrected chi connectivity index (χ4v) is 3.51. The fraction of sp³-hybridized carbons (Fsp3) is 0.0455. The Morgan fingerprint density at radius 1 is 1.00 bits per heavy atom. The molecule has 5 aromatic rings. The Labute approximate surface area is 164 Å². The summed E-state index contributed by atoms with van der Waals surface area (Å²) in [5, 5.41) is 0. The van der Waals surface area contributed by atoms with Gasteiger partial charge in [-0.05, 0) is 43.3 Å². The highest BCUT2D eigenvalue weighted by Crippen LogP contribution is 2.20. The van der Waals surface area contributed by atoms with Gasteiger partial charge in [-0.3, -0.25) is 13.9 Å². The molecule has 0 fully saturated rings. The minimum atomic E-state index is -0.328. The highest BCUT2D eigenvalue weighted by atomic mass is 16.3. The van der Waals surface area contributed by atoms with Crippen molar-refractivity contribution >= 4 is 34.0 Å². The zero-order chi connectivity index (χ0) is 20.0. The second-order valence-electron chi connectivity index (χ2n) is 6.65. The lowest BCUT2D eigenvalue weighted by Gasteiger charge is -2.10. The quantitative estimate of drug-likeness (QED) is 0.513. The largest absolute Gasteiger partial charge is 0.463 e. The number of allylic oxidation sites excluding steroid dienone is 1. The predicted octanol–water partition coefficient (Wildman–Crippen LogP) is 3.78. The molecule has 7 heteroatoms. The fourth-order valence-electron chi connectivity index (χ4n) is 3.51. The van der Waals surface area contributed by atoms with Crippen LogP contribution in [0, 0.1) is 0 Å². The van der Waals surface area contributed by atoms with Gasteiger partial charge in [0.1, 0.15) is 0 Å². The van der Waals surface area contributed by atoms with Crippen LogP contribution in [-0.4, -0.2) is 19.1 Å². The van der Waals surface area contributed by atoms with Gasteiger partial charge in [0.25, 0.3) is 5.56 Å². The monoisotopic (exact) mass is 384 g/mol. The maximum absolute atomic E-state index is 13.2. The molecule has 0 atom stereocenters. The molecule has 29 heavy (non-hydrogen) atoms. The SMILES string of the molecule is C/C(=C/n1c(=O)c(-c2ccco2)nc2ccccc21)n1c(=O)[nH]c2ccccc21. The van der Waals surface area contributed by atoms with E-state index in [0.29, 0.717) is 22.5 Å². The van der Waals surface area contributed by atoms with Crippen LogP contribution in [-0.2, 0) is 0 Å². The molecular formula is C22H16N4O3. The summed E-state index contributed by atoms with van der Waals surface area (Å²) in [7, 11) is 0. The lowest BCUT2D eigenvalue weighted by atomic mass is 10.2. The van der Waals surface area contributed by atoms with E-state index in [-0.39, 0.29) is 16.9 Å². The van der Waals surface area contributed by atoms with E-state index in [0.717, 1.165) is 11.0 Å².